The van der Waals surface area contributed by atoms with Crippen molar-refractivity contribution in [3.63, 3.8) is 0 Å². The summed E-state index contributed by atoms with van der Waals surface area (Å²) < 4.78 is 10.9. The molecule has 2 fully saturated rings. The normalized spacial score (nSPS) is 39.3. The van der Waals surface area contributed by atoms with Gasteiger partial charge < -0.3 is 9.47 Å². The Kier molecular flexibility index (Phi) is 3.69. The van der Waals surface area contributed by atoms with Crippen molar-refractivity contribution >= 4 is 11.9 Å². The second-order valence-electron chi connectivity index (χ2n) is 6.49. The van der Waals surface area contributed by atoms with Crippen LogP contribution in [0.2, 0.25) is 0 Å². The second-order valence-corrected chi connectivity index (χ2v) is 6.49. The van der Waals surface area contributed by atoms with Gasteiger partial charge in [-0.25, -0.2) is 9.68 Å². The van der Waals surface area contributed by atoms with Gasteiger partial charge in [0.25, 0.3) is 0 Å². The summed E-state index contributed by atoms with van der Waals surface area (Å²) in [6.07, 6.45) is 1.43. The first-order chi connectivity index (χ1) is 10.8. The molecule has 6 nitrogen and oxygen atoms in total. The first-order valence-corrected chi connectivity index (χ1v) is 7.56. The van der Waals surface area contributed by atoms with Crippen LogP contribution in [-0.2, 0) is 24.0 Å². The van der Waals surface area contributed by atoms with Crippen LogP contribution in [0.4, 0.5) is 0 Å². The first kappa shape index (κ1) is 16.0. The largest absolute Gasteiger partial charge is 0.461 e. The Hall–Kier alpha value is -1.92. The quantitative estimate of drug-likeness (QED) is 0.276. The maximum Gasteiger partial charge on any atom is 0.334 e. The van der Waals surface area contributed by atoms with E-state index >= 15 is 0 Å². The maximum absolute atomic E-state index is 12.0. The molecule has 1 saturated carbocycles. The standard InChI is InChI=1S/C17H20O6/c1-8-5-6-17(23-20)9(2)7-12(21-11(4)18)13-10(3)16(19)22-15(13)14(8)17/h5,12-15,20H,2-3,6-7H2,1,4H3/t12-,13+,14+,15-,17+/m0/s1. The SMILES string of the molecule is C=C1C(=O)O[C@H]2[C@H]1[C@@H](OC(C)=O)CC(=C)[C@]1(OO)CC=C(C)[C@H]21. The summed E-state index contributed by atoms with van der Waals surface area (Å²) in [4.78, 5) is 28.4. The van der Waals surface area contributed by atoms with E-state index in [-0.39, 0.29) is 17.9 Å². The molecule has 6 heteroatoms. The van der Waals surface area contributed by atoms with Crippen molar-refractivity contribution in [2.24, 2.45) is 11.8 Å². The Morgan fingerprint density at radius 2 is 2.17 bits per heavy atom. The lowest BCUT2D eigenvalue weighted by molar-refractivity contribution is -0.323. The fourth-order valence-corrected chi connectivity index (χ4v) is 4.17. The Bertz CT molecular complexity index is 633. The van der Waals surface area contributed by atoms with Crippen LogP contribution >= 0.6 is 0 Å². The van der Waals surface area contributed by atoms with Gasteiger partial charge in [-0.1, -0.05) is 24.8 Å². The van der Waals surface area contributed by atoms with Crippen LogP contribution < -0.4 is 0 Å². The van der Waals surface area contributed by atoms with Crippen LogP contribution in [0.5, 0.6) is 0 Å². The molecule has 1 N–H and O–H groups in total. The summed E-state index contributed by atoms with van der Waals surface area (Å²) in [6.45, 7) is 11.1. The minimum absolute atomic E-state index is 0.272. The Morgan fingerprint density at radius 1 is 1.48 bits per heavy atom. The molecule has 3 rings (SSSR count). The van der Waals surface area contributed by atoms with Gasteiger partial charge >= 0.3 is 11.9 Å². The molecule has 0 unspecified atom stereocenters. The summed E-state index contributed by atoms with van der Waals surface area (Å²) >= 11 is 0. The van der Waals surface area contributed by atoms with Gasteiger partial charge in [-0.15, -0.1) is 0 Å². The van der Waals surface area contributed by atoms with Crippen molar-refractivity contribution in [1.29, 1.82) is 0 Å². The summed E-state index contributed by atoms with van der Waals surface area (Å²) in [6, 6.07) is 0. The number of rotatable bonds is 2. The van der Waals surface area contributed by atoms with Crippen molar-refractivity contribution in [3.05, 3.63) is 36.0 Å². The van der Waals surface area contributed by atoms with Crippen LogP contribution in [0.25, 0.3) is 0 Å². The zero-order chi connectivity index (χ0) is 16.9. The summed E-state index contributed by atoms with van der Waals surface area (Å²) in [5.41, 5.74) is 0.776. The Balaban J connectivity index is 2.10. The van der Waals surface area contributed by atoms with E-state index in [1.54, 1.807) is 0 Å². The monoisotopic (exact) mass is 320 g/mol. The minimum Gasteiger partial charge on any atom is -0.461 e. The summed E-state index contributed by atoms with van der Waals surface area (Å²) in [5, 5.41) is 9.62. The molecule has 0 aromatic heterocycles. The maximum atomic E-state index is 12.0. The molecule has 0 aromatic carbocycles. The lowest BCUT2D eigenvalue weighted by atomic mass is 9.77. The van der Waals surface area contributed by atoms with Gasteiger partial charge in [-0.3, -0.25) is 10.1 Å². The van der Waals surface area contributed by atoms with Gasteiger partial charge in [0, 0.05) is 25.3 Å². The molecule has 23 heavy (non-hydrogen) atoms. The van der Waals surface area contributed by atoms with Gasteiger partial charge in [0.15, 0.2) is 0 Å². The van der Waals surface area contributed by atoms with E-state index in [0.717, 1.165) is 5.57 Å². The Morgan fingerprint density at radius 3 is 2.78 bits per heavy atom. The van der Waals surface area contributed by atoms with Gasteiger partial charge in [-0.05, 0) is 12.5 Å². The van der Waals surface area contributed by atoms with Crippen molar-refractivity contribution in [2.45, 2.75) is 44.5 Å². The molecule has 0 aromatic rings. The smallest absolute Gasteiger partial charge is 0.334 e. The zero-order valence-electron chi connectivity index (χ0n) is 13.2. The zero-order valence-corrected chi connectivity index (χ0v) is 13.2. The second kappa shape index (κ2) is 5.32. The van der Waals surface area contributed by atoms with Gasteiger partial charge in [0.05, 0.1) is 11.8 Å². The average Bonchev–Trinajstić information content (AvgIpc) is 2.93. The molecular formula is C17H20O6. The van der Waals surface area contributed by atoms with E-state index in [9.17, 15) is 14.8 Å². The van der Waals surface area contributed by atoms with E-state index in [2.05, 4.69) is 13.2 Å². The van der Waals surface area contributed by atoms with Crippen molar-refractivity contribution in [3.8, 4) is 0 Å². The predicted octanol–water partition coefficient (Wildman–Crippen LogP) is 2.17. The fraction of sp³-hybridized carbons (Fsp3) is 0.529. The van der Waals surface area contributed by atoms with Crippen LogP contribution in [-0.4, -0.2) is 35.0 Å². The Labute approximate surface area is 134 Å². The molecule has 3 aliphatic rings. The number of hydrogen-bond donors (Lipinski definition) is 1. The van der Waals surface area contributed by atoms with E-state index in [1.165, 1.54) is 6.92 Å². The number of fused-ring (bicyclic) bond motifs is 3. The van der Waals surface area contributed by atoms with Crippen molar-refractivity contribution in [2.75, 3.05) is 0 Å². The highest BCUT2D eigenvalue weighted by atomic mass is 17.1. The topological polar surface area (TPSA) is 82.1 Å². The molecule has 0 bridgehead atoms. The first-order valence-electron chi connectivity index (χ1n) is 7.56. The number of esters is 2. The molecule has 0 amide bonds. The van der Waals surface area contributed by atoms with Crippen LogP contribution in [0.3, 0.4) is 0 Å². The van der Waals surface area contributed by atoms with Crippen molar-refractivity contribution in [1.82, 2.24) is 0 Å². The highest BCUT2D eigenvalue weighted by Crippen LogP contribution is 2.54. The minimum atomic E-state index is -1.06. The summed E-state index contributed by atoms with van der Waals surface area (Å²) in [5.74, 6) is -1.82. The predicted molar refractivity (Wildman–Crippen MR) is 80.1 cm³/mol. The van der Waals surface area contributed by atoms with Gasteiger partial charge in [-0.2, -0.15) is 0 Å². The molecule has 1 saturated heterocycles. The fourth-order valence-electron chi connectivity index (χ4n) is 4.17. The van der Waals surface area contributed by atoms with E-state index in [0.29, 0.717) is 12.0 Å². The third-order valence-corrected chi connectivity index (χ3v) is 5.24. The molecule has 1 aliphatic heterocycles. The van der Waals surface area contributed by atoms with E-state index < -0.39 is 35.7 Å². The van der Waals surface area contributed by atoms with E-state index in [4.69, 9.17) is 14.4 Å². The van der Waals surface area contributed by atoms with E-state index in [1.807, 2.05) is 13.0 Å². The van der Waals surface area contributed by atoms with Gasteiger partial charge in [0.1, 0.15) is 17.8 Å². The lowest BCUT2D eigenvalue weighted by Crippen LogP contribution is -2.45. The molecule has 2 aliphatic carbocycles. The molecule has 1 heterocycles. The number of carbonyl (C=O) groups is 2. The molecule has 5 atom stereocenters. The third kappa shape index (κ3) is 2.16. The summed E-state index contributed by atoms with van der Waals surface area (Å²) in [7, 11) is 0. The van der Waals surface area contributed by atoms with Crippen LogP contribution in [0.1, 0.15) is 26.7 Å². The number of hydrogen-bond acceptors (Lipinski definition) is 6. The van der Waals surface area contributed by atoms with Gasteiger partial charge in [0.2, 0.25) is 0 Å². The highest BCUT2D eigenvalue weighted by molar-refractivity contribution is 5.91. The number of ether oxygens (including phenoxy) is 2. The molecule has 0 radical (unpaired) electrons. The average molecular weight is 320 g/mol. The molecule has 124 valence electrons. The molecular weight excluding hydrogens is 300 g/mol. The lowest BCUT2D eigenvalue weighted by Gasteiger charge is -2.36. The van der Waals surface area contributed by atoms with Crippen LogP contribution in [0.15, 0.2) is 36.0 Å². The van der Waals surface area contributed by atoms with Crippen molar-refractivity contribution < 1.29 is 29.2 Å². The third-order valence-electron chi connectivity index (χ3n) is 5.24. The molecule has 0 spiro atoms. The number of carbonyl (C=O) groups excluding carboxylic acids is 2. The highest BCUT2D eigenvalue weighted by Gasteiger charge is 2.61. The van der Waals surface area contributed by atoms with Crippen LogP contribution in [0, 0.1) is 11.8 Å².